The highest BCUT2D eigenvalue weighted by molar-refractivity contribution is 7.11. The molecular formula is C18H17N3O2S. The largest absolute Gasteiger partial charge is 0.343 e. The molecule has 2 aromatic heterocycles. The molecule has 0 radical (unpaired) electrons. The number of hydrogen-bond acceptors (Lipinski definition) is 4. The molecule has 1 N–H and O–H groups in total. The zero-order valence-electron chi connectivity index (χ0n) is 13.2. The van der Waals surface area contributed by atoms with Crippen molar-refractivity contribution in [3.8, 4) is 0 Å². The van der Waals surface area contributed by atoms with Gasteiger partial charge in [-0.1, -0.05) is 36.4 Å². The minimum absolute atomic E-state index is 0.0957. The number of thiazole rings is 1. The van der Waals surface area contributed by atoms with Crippen LogP contribution in [0.15, 0.2) is 65.0 Å². The molecule has 0 aliphatic heterocycles. The van der Waals surface area contributed by atoms with Gasteiger partial charge in [0.1, 0.15) is 4.88 Å². The Morgan fingerprint density at radius 1 is 1.21 bits per heavy atom. The Morgan fingerprint density at radius 3 is 2.62 bits per heavy atom. The van der Waals surface area contributed by atoms with Crippen molar-refractivity contribution in [3.05, 3.63) is 86.7 Å². The van der Waals surface area contributed by atoms with E-state index in [1.165, 1.54) is 17.4 Å². The van der Waals surface area contributed by atoms with Crippen LogP contribution >= 0.6 is 11.3 Å². The summed E-state index contributed by atoms with van der Waals surface area (Å²) in [5, 5.41) is 3.02. The third kappa shape index (κ3) is 3.60. The second-order valence-electron chi connectivity index (χ2n) is 5.39. The van der Waals surface area contributed by atoms with E-state index in [-0.39, 0.29) is 17.5 Å². The van der Waals surface area contributed by atoms with Crippen LogP contribution in [0.1, 0.15) is 27.0 Å². The fourth-order valence-electron chi connectivity index (χ4n) is 2.47. The fourth-order valence-corrected chi connectivity index (χ4v) is 3.18. The highest BCUT2D eigenvalue weighted by atomic mass is 32.1. The SMILES string of the molecule is Cc1ncsc1C(=O)N[C@H](Cn1ccccc1=O)c1ccccc1. The molecule has 3 aromatic rings. The molecule has 6 heteroatoms. The van der Waals surface area contributed by atoms with E-state index in [9.17, 15) is 9.59 Å². The van der Waals surface area contributed by atoms with E-state index in [2.05, 4.69) is 10.3 Å². The average Bonchev–Trinajstić information content (AvgIpc) is 3.03. The zero-order valence-corrected chi connectivity index (χ0v) is 14.0. The number of aromatic nitrogens is 2. The molecule has 2 heterocycles. The number of nitrogens with one attached hydrogen (secondary N) is 1. The molecule has 0 bridgehead atoms. The van der Waals surface area contributed by atoms with Gasteiger partial charge in [-0.05, 0) is 18.6 Å². The first-order valence-corrected chi connectivity index (χ1v) is 8.44. The van der Waals surface area contributed by atoms with Gasteiger partial charge in [0, 0.05) is 12.3 Å². The van der Waals surface area contributed by atoms with Gasteiger partial charge in [-0.15, -0.1) is 11.3 Å². The van der Waals surface area contributed by atoms with Gasteiger partial charge in [0.15, 0.2) is 0 Å². The first kappa shape index (κ1) is 16.1. The summed E-state index contributed by atoms with van der Waals surface area (Å²) >= 11 is 1.31. The van der Waals surface area contributed by atoms with Gasteiger partial charge >= 0.3 is 0 Å². The molecule has 0 saturated carbocycles. The topological polar surface area (TPSA) is 64.0 Å². The first-order valence-electron chi connectivity index (χ1n) is 7.56. The van der Waals surface area contributed by atoms with Crippen molar-refractivity contribution >= 4 is 17.2 Å². The van der Waals surface area contributed by atoms with Gasteiger partial charge in [-0.2, -0.15) is 0 Å². The molecule has 122 valence electrons. The molecular weight excluding hydrogens is 322 g/mol. The number of nitrogens with zero attached hydrogens (tertiary/aromatic N) is 2. The van der Waals surface area contributed by atoms with Gasteiger partial charge in [0.2, 0.25) is 0 Å². The number of amides is 1. The summed E-state index contributed by atoms with van der Waals surface area (Å²) in [6, 6.07) is 14.4. The van der Waals surface area contributed by atoms with Gasteiger partial charge in [-0.3, -0.25) is 9.59 Å². The Bertz CT molecular complexity index is 886. The van der Waals surface area contributed by atoms with E-state index in [1.54, 1.807) is 28.4 Å². The summed E-state index contributed by atoms with van der Waals surface area (Å²) in [4.78, 5) is 29.3. The molecule has 5 nitrogen and oxygen atoms in total. The van der Waals surface area contributed by atoms with Crippen molar-refractivity contribution < 1.29 is 4.79 Å². The van der Waals surface area contributed by atoms with Crippen LogP contribution in [0.2, 0.25) is 0 Å². The third-order valence-corrected chi connectivity index (χ3v) is 4.66. The third-order valence-electron chi connectivity index (χ3n) is 3.74. The number of carbonyl (C=O) groups excluding carboxylic acids is 1. The van der Waals surface area contributed by atoms with Crippen LogP contribution in [0.5, 0.6) is 0 Å². The predicted octanol–water partition coefficient (Wildman–Crippen LogP) is 2.78. The van der Waals surface area contributed by atoms with Crippen LogP contribution in [-0.2, 0) is 6.54 Å². The minimum Gasteiger partial charge on any atom is -0.343 e. The summed E-state index contributed by atoms with van der Waals surface area (Å²) in [6.45, 7) is 2.18. The second-order valence-corrected chi connectivity index (χ2v) is 6.25. The Kier molecular flexibility index (Phi) is 4.86. The Labute approximate surface area is 143 Å². The maximum absolute atomic E-state index is 12.6. The smallest absolute Gasteiger partial charge is 0.263 e. The number of aryl methyl sites for hydroxylation is 1. The quantitative estimate of drug-likeness (QED) is 0.777. The molecule has 1 atom stereocenters. The Hall–Kier alpha value is -2.73. The van der Waals surface area contributed by atoms with Crippen molar-refractivity contribution in [2.45, 2.75) is 19.5 Å². The summed E-state index contributed by atoms with van der Waals surface area (Å²) in [5.74, 6) is -0.173. The lowest BCUT2D eigenvalue weighted by molar-refractivity contribution is 0.0935. The van der Waals surface area contributed by atoms with Crippen LogP contribution in [0.3, 0.4) is 0 Å². The van der Waals surface area contributed by atoms with E-state index in [1.807, 2.05) is 37.3 Å². The van der Waals surface area contributed by atoms with Crippen LogP contribution < -0.4 is 10.9 Å². The Balaban J connectivity index is 1.88. The molecule has 0 fully saturated rings. The zero-order chi connectivity index (χ0) is 16.9. The lowest BCUT2D eigenvalue weighted by Gasteiger charge is -2.20. The van der Waals surface area contributed by atoms with Crippen LogP contribution in [0.25, 0.3) is 0 Å². The van der Waals surface area contributed by atoms with E-state index in [0.717, 1.165) is 5.56 Å². The number of carbonyl (C=O) groups is 1. The van der Waals surface area contributed by atoms with Crippen LogP contribution in [-0.4, -0.2) is 15.5 Å². The summed E-state index contributed by atoms with van der Waals surface area (Å²) in [6.07, 6.45) is 1.72. The number of benzene rings is 1. The van der Waals surface area contributed by atoms with E-state index < -0.39 is 0 Å². The standard InChI is InChI=1S/C18H17N3O2S/c1-13-17(24-12-19-13)18(23)20-15(14-7-3-2-4-8-14)11-21-10-6-5-9-16(21)22/h2-10,12,15H,11H2,1H3,(H,20,23)/t15-/m1/s1. The van der Waals surface area contributed by atoms with Crippen LogP contribution in [0, 0.1) is 6.92 Å². The van der Waals surface area contributed by atoms with Crippen molar-refractivity contribution in [1.82, 2.24) is 14.9 Å². The molecule has 0 aliphatic rings. The van der Waals surface area contributed by atoms with Gasteiger partial charge < -0.3 is 9.88 Å². The van der Waals surface area contributed by atoms with Crippen LogP contribution in [0.4, 0.5) is 0 Å². The molecule has 3 rings (SSSR count). The number of hydrogen-bond donors (Lipinski definition) is 1. The van der Waals surface area contributed by atoms with Crippen molar-refractivity contribution in [1.29, 1.82) is 0 Å². The average molecular weight is 339 g/mol. The maximum Gasteiger partial charge on any atom is 0.263 e. The summed E-state index contributed by atoms with van der Waals surface area (Å²) in [5.41, 5.74) is 3.22. The number of pyridine rings is 1. The maximum atomic E-state index is 12.6. The normalized spacial score (nSPS) is 11.9. The van der Waals surface area contributed by atoms with Crippen molar-refractivity contribution in [2.75, 3.05) is 0 Å². The minimum atomic E-state index is -0.305. The molecule has 0 saturated heterocycles. The van der Waals surface area contributed by atoms with E-state index in [4.69, 9.17) is 0 Å². The highest BCUT2D eigenvalue weighted by Gasteiger charge is 2.19. The first-order chi connectivity index (χ1) is 11.6. The highest BCUT2D eigenvalue weighted by Crippen LogP contribution is 2.18. The van der Waals surface area contributed by atoms with Gasteiger partial charge in [0.25, 0.3) is 11.5 Å². The van der Waals surface area contributed by atoms with Crippen molar-refractivity contribution in [3.63, 3.8) is 0 Å². The fraction of sp³-hybridized carbons (Fsp3) is 0.167. The molecule has 24 heavy (non-hydrogen) atoms. The Morgan fingerprint density at radius 2 is 1.96 bits per heavy atom. The van der Waals surface area contributed by atoms with Gasteiger partial charge in [0.05, 0.1) is 23.8 Å². The van der Waals surface area contributed by atoms with E-state index in [0.29, 0.717) is 17.1 Å². The molecule has 0 spiro atoms. The molecule has 1 aromatic carbocycles. The molecule has 1 amide bonds. The summed E-state index contributed by atoms with van der Waals surface area (Å²) in [7, 11) is 0. The lowest BCUT2D eigenvalue weighted by atomic mass is 10.1. The lowest BCUT2D eigenvalue weighted by Crippen LogP contribution is -2.33. The predicted molar refractivity (Wildman–Crippen MR) is 94.2 cm³/mol. The second kappa shape index (κ2) is 7.23. The molecule has 0 unspecified atom stereocenters. The summed E-state index contributed by atoms with van der Waals surface area (Å²) < 4.78 is 1.59. The molecule has 0 aliphatic carbocycles. The monoisotopic (exact) mass is 339 g/mol. The van der Waals surface area contributed by atoms with Crippen molar-refractivity contribution in [2.24, 2.45) is 0 Å². The number of rotatable bonds is 5. The van der Waals surface area contributed by atoms with Gasteiger partial charge in [-0.25, -0.2) is 4.98 Å². The van der Waals surface area contributed by atoms with E-state index >= 15 is 0 Å².